The van der Waals surface area contributed by atoms with Crippen molar-refractivity contribution in [3.63, 3.8) is 0 Å². The van der Waals surface area contributed by atoms with Gasteiger partial charge in [0.15, 0.2) is 0 Å². The maximum atomic E-state index is 4.28. The van der Waals surface area contributed by atoms with Gasteiger partial charge in [-0.3, -0.25) is 0 Å². The molecule has 0 atom stereocenters. The van der Waals surface area contributed by atoms with Crippen molar-refractivity contribution in [3.05, 3.63) is 158 Å². The quantitative estimate of drug-likeness (QED) is 0.214. The number of hydrogen-bond donors (Lipinski definition) is 0. The van der Waals surface area contributed by atoms with Crippen LogP contribution in [-0.2, 0) is 0 Å². The molecular formula is C40H26N4. The van der Waals surface area contributed by atoms with Crippen molar-refractivity contribution in [1.29, 1.82) is 0 Å². The van der Waals surface area contributed by atoms with Crippen LogP contribution < -0.4 is 0 Å². The average Bonchev–Trinajstić information content (AvgIpc) is 3.61. The first-order valence-electron chi connectivity index (χ1n) is 14.8. The Balaban J connectivity index is 1.20. The fourth-order valence-corrected chi connectivity index (χ4v) is 6.70. The molecule has 44 heavy (non-hydrogen) atoms. The van der Waals surface area contributed by atoms with E-state index in [1.807, 2.05) is 12.4 Å². The van der Waals surface area contributed by atoms with Gasteiger partial charge in [0.2, 0.25) is 0 Å². The summed E-state index contributed by atoms with van der Waals surface area (Å²) in [4.78, 5) is 8.56. The molecule has 9 rings (SSSR count). The largest absolute Gasteiger partial charge is 0.309 e. The van der Waals surface area contributed by atoms with Gasteiger partial charge in [0.25, 0.3) is 0 Å². The lowest BCUT2D eigenvalue weighted by atomic mass is 10.0. The van der Waals surface area contributed by atoms with Crippen LogP contribution in [0.25, 0.3) is 77.2 Å². The Hall–Kier alpha value is -6.00. The number of aromatic nitrogens is 4. The zero-order chi connectivity index (χ0) is 29.0. The first kappa shape index (κ1) is 24.6. The van der Waals surface area contributed by atoms with Gasteiger partial charge in [0, 0.05) is 27.2 Å². The van der Waals surface area contributed by atoms with E-state index in [2.05, 4.69) is 159 Å². The summed E-state index contributed by atoms with van der Waals surface area (Å²) in [7, 11) is 0. The Morgan fingerprint density at radius 2 is 0.795 bits per heavy atom. The summed E-state index contributed by atoms with van der Waals surface area (Å²) in [5, 5.41) is 4.92. The highest BCUT2D eigenvalue weighted by Crippen LogP contribution is 2.38. The van der Waals surface area contributed by atoms with Crippen molar-refractivity contribution >= 4 is 43.6 Å². The Morgan fingerprint density at radius 1 is 0.341 bits per heavy atom. The minimum atomic E-state index is 0.956. The molecule has 0 spiro atoms. The summed E-state index contributed by atoms with van der Waals surface area (Å²) < 4.78 is 4.62. The van der Waals surface area contributed by atoms with Gasteiger partial charge < -0.3 is 9.13 Å². The molecule has 0 bridgehead atoms. The number of fused-ring (bicyclic) bond motifs is 6. The molecule has 0 saturated heterocycles. The van der Waals surface area contributed by atoms with Crippen LogP contribution in [0.1, 0.15) is 0 Å². The predicted molar refractivity (Wildman–Crippen MR) is 182 cm³/mol. The number of benzene rings is 6. The van der Waals surface area contributed by atoms with Gasteiger partial charge in [-0.1, -0.05) is 91.0 Å². The number of rotatable bonds is 4. The summed E-state index contributed by atoms with van der Waals surface area (Å²) in [6.07, 6.45) is 5.31. The average molecular weight is 563 g/mol. The van der Waals surface area contributed by atoms with Gasteiger partial charge >= 0.3 is 0 Å². The highest BCUT2D eigenvalue weighted by Gasteiger charge is 2.16. The number of nitrogens with zero attached hydrogens (tertiary/aromatic N) is 4. The second-order valence-corrected chi connectivity index (χ2v) is 11.2. The zero-order valence-corrected chi connectivity index (χ0v) is 23.8. The van der Waals surface area contributed by atoms with Gasteiger partial charge in [-0.2, -0.15) is 0 Å². The molecule has 0 aliphatic carbocycles. The third kappa shape index (κ3) is 3.78. The lowest BCUT2D eigenvalue weighted by Crippen LogP contribution is -1.95. The van der Waals surface area contributed by atoms with E-state index in [1.54, 1.807) is 6.33 Å². The first-order valence-corrected chi connectivity index (χ1v) is 14.8. The lowest BCUT2D eigenvalue weighted by Gasteiger charge is -2.10. The normalized spacial score (nSPS) is 11.6. The van der Waals surface area contributed by atoms with Gasteiger partial charge in [-0.05, 0) is 70.8 Å². The molecule has 3 aromatic heterocycles. The van der Waals surface area contributed by atoms with Crippen molar-refractivity contribution < 1.29 is 0 Å². The van der Waals surface area contributed by atoms with Crippen LogP contribution in [0.15, 0.2) is 158 Å². The van der Waals surface area contributed by atoms with E-state index < -0.39 is 0 Å². The van der Waals surface area contributed by atoms with Crippen LogP contribution in [0.5, 0.6) is 0 Å². The highest BCUT2D eigenvalue weighted by molar-refractivity contribution is 6.12. The van der Waals surface area contributed by atoms with E-state index in [-0.39, 0.29) is 0 Å². The van der Waals surface area contributed by atoms with Crippen LogP contribution in [0.3, 0.4) is 0 Å². The van der Waals surface area contributed by atoms with E-state index in [0.29, 0.717) is 0 Å². The molecule has 3 heterocycles. The molecule has 4 heteroatoms. The van der Waals surface area contributed by atoms with Crippen molar-refractivity contribution in [1.82, 2.24) is 19.1 Å². The second-order valence-electron chi connectivity index (χ2n) is 11.2. The molecule has 0 radical (unpaired) electrons. The van der Waals surface area contributed by atoms with E-state index in [4.69, 9.17) is 0 Å². The van der Waals surface area contributed by atoms with E-state index in [0.717, 1.165) is 22.4 Å². The maximum absolute atomic E-state index is 4.28. The smallest absolute Gasteiger partial charge is 0.115 e. The zero-order valence-electron chi connectivity index (χ0n) is 23.8. The maximum Gasteiger partial charge on any atom is 0.115 e. The summed E-state index contributed by atoms with van der Waals surface area (Å²) in [5.74, 6) is 0. The van der Waals surface area contributed by atoms with Gasteiger partial charge in [-0.25, -0.2) is 9.97 Å². The molecule has 0 aliphatic rings. The molecule has 9 aromatic rings. The summed E-state index contributed by atoms with van der Waals surface area (Å²) >= 11 is 0. The van der Waals surface area contributed by atoms with E-state index in [1.165, 1.54) is 54.8 Å². The highest BCUT2D eigenvalue weighted by atomic mass is 15.0. The van der Waals surface area contributed by atoms with Crippen molar-refractivity contribution in [2.24, 2.45) is 0 Å². The Bertz CT molecular complexity index is 2470. The Kier molecular flexibility index (Phi) is 5.47. The fourth-order valence-electron chi connectivity index (χ4n) is 6.70. The Labute approximate surface area is 254 Å². The molecule has 0 amide bonds. The van der Waals surface area contributed by atoms with Crippen molar-refractivity contribution in [2.45, 2.75) is 0 Å². The van der Waals surface area contributed by atoms with Gasteiger partial charge in [0.05, 0.1) is 40.1 Å². The molecule has 0 fully saturated rings. The monoisotopic (exact) mass is 562 g/mol. The third-order valence-electron chi connectivity index (χ3n) is 8.72. The third-order valence-corrected chi connectivity index (χ3v) is 8.72. The van der Waals surface area contributed by atoms with Crippen LogP contribution in [-0.4, -0.2) is 19.1 Å². The first-order chi connectivity index (χ1) is 21.8. The molecule has 0 unspecified atom stereocenters. The summed E-state index contributed by atoms with van der Waals surface area (Å²) in [6, 6.07) is 50.3. The molecule has 0 aliphatic heterocycles. The molecular weight excluding hydrogens is 536 g/mol. The summed E-state index contributed by atoms with van der Waals surface area (Å²) in [6.45, 7) is 0. The molecule has 4 nitrogen and oxygen atoms in total. The van der Waals surface area contributed by atoms with Crippen molar-refractivity contribution in [2.75, 3.05) is 0 Å². The molecule has 0 N–H and O–H groups in total. The van der Waals surface area contributed by atoms with Crippen LogP contribution in [0, 0.1) is 0 Å². The van der Waals surface area contributed by atoms with Crippen LogP contribution in [0.4, 0.5) is 0 Å². The summed E-state index contributed by atoms with van der Waals surface area (Å²) in [5.41, 5.74) is 11.6. The van der Waals surface area contributed by atoms with Crippen molar-refractivity contribution in [3.8, 4) is 33.6 Å². The minimum Gasteiger partial charge on any atom is -0.309 e. The number of para-hydroxylation sites is 2. The van der Waals surface area contributed by atoms with Gasteiger partial charge in [0.1, 0.15) is 6.33 Å². The van der Waals surface area contributed by atoms with Crippen LogP contribution in [0.2, 0.25) is 0 Å². The Morgan fingerprint density at radius 3 is 1.39 bits per heavy atom. The van der Waals surface area contributed by atoms with E-state index in [9.17, 15) is 0 Å². The molecule has 206 valence electrons. The fraction of sp³-hybridized carbons (Fsp3) is 0. The predicted octanol–water partition coefficient (Wildman–Crippen LogP) is 10.0. The van der Waals surface area contributed by atoms with Gasteiger partial charge in [-0.15, -0.1) is 0 Å². The molecule has 6 aromatic carbocycles. The van der Waals surface area contributed by atoms with E-state index >= 15 is 0 Å². The number of hydrogen-bond acceptors (Lipinski definition) is 2. The second kappa shape index (κ2) is 9.79. The minimum absolute atomic E-state index is 0.956. The standard InChI is InChI=1S/C40H26N4/c1-2-8-27(9-3-1)28-14-18-31(19-15-28)43-37-12-6-4-10-33(37)35-22-29(16-20-39(35)43)30-17-21-40-36(23-30)34-11-5-7-13-38(34)44(40)32-24-41-26-42-25-32/h1-26H. The topological polar surface area (TPSA) is 35.6 Å². The SMILES string of the molecule is c1ccc(-c2ccc(-n3c4ccccc4c4cc(-c5ccc6c(c5)c5ccccc5n6-c5cncnc5)ccc43)cc2)cc1. The van der Waals surface area contributed by atoms with Crippen LogP contribution >= 0.6 is 0 Å². The lowest BCUT2D eigenvalue weighted by molar-refractivity contribution is 1.07. The molecule has 0 saturated carbocycles.